The first-order valence-electron chi connectivity index (χ1n) is 6.70. The van der Waals surface area contributed by atoms with Gasteiger partial charge in [-0.05, 0) is 63.5 Å². The van der Waals surface area contributed by atoms with E-state index in [0.717, 1.165) is 18.4 Å². The Morgan fingerprint density at radius 2 is 1.93 bits per heavy atom. The highest BCUT2D eigenvalue weighted by atomic mass is 16.5. The third-order valence-electron chi connectivity index (χ3n) is 4.06. The summed E-state index contributed by atoms with van der Waals surface area (Å²) in [5.41, 5.74) is 0. The lowest BCUT2D eigenvalue weighted by Gasteiger charge is -2.32. The zero-order chi connectivity index (χ0) is 10.5. The highest BCUT2D eigenvalue weighted by molar-refractivity contribution is 4.76. The summed E-state index contributed by atoms with van der Waals surface area (Å²) >= 11 is 0. The van der Waals surface area contributed by atoms with Crippen molar-refractivity contribution < 1.29 is 4.74 Å². The van der Waals surface area contributed by atoms with Gasteiger partial charge < -0.3 is 10.1 Å². The third kappa shape index (κ3) is 3.46. The average molecular weight is 211 g/mol. The zero-order valence-electron chi connectivity index (χ0n) is 10.0. The van der Waals surface area contributed by atoms with Gasteiger partial charge in [0.2, 0.25) is 0 Å². The van der Waals surface area contributed by atoms with Crippen LogP contribution in [0.3, 0.4) is 0 Å². The molecule has 15 heavy (non-hydrogen) atoms. The van der Waals surface area contributed by atoms with Crippen LogP contribution in [0.15, 0.2) is 0 Å². The highest BCUT2D eigenvalue weighted by Gasteiger charge is 2.24. The molecule has 0 bridgehead atoms. The van der Waals surface area contributed by atoms with Crippen molar-refractivity contribution in [2.24, 2.45) is 11.8 Å². The van der Waals surface area contributed by atoms with Crippen LogP contribution < -0.4 is 5.32 Å². The Bertz CT molecular complexity index is 177. The standard InChI is InChI=1S/C13H25NO/c1-2-13-10-12(5-8-15-13)9-11-3-6-14-7-4-11/h11-14H,2-10H2,1H3. The van der Waals surface area contributed by atoms with Crippen molar-refractivity contribution in [2.75, 3.05) is 19.7 Å². The van der Waals surface area contributed by atoms with Crippen LogP contribution in [0.25, 0.3) is 0 Å². The summed E-state index contributed by atoms with van der Waals surface area (Å²) in [5, 5.41) is 3.45. The minimum absolute atomic E-state index is 0.561. The molecule has 2 heterocycles. The molecule has 2 heteroatoms. The SMILES string of the molecule is CCC1CC(CC2CCNCC2)CCO1. The number of ether oxygens (including phenoxy) is 1. The van der Waals surface area contributed by atoms with Gasteiger partial charge in [-0.3, -0.25) is 0 Å². The normalized spacial score (nSPS) is 34.2. The van der Waals surface area contributed by atoms with E-state index in [2.05, 4.69) is 12.2 Å². The number of rotatable bonds is 3. The first kappa shape index (κ1) is 11.4. The number of hydrogen-bond donors (Lipinski definition) is 1. The van der Waals surface area contributed by atoms with Gasteiger partial charge in [0.05, 0.1) is 6.10 Å². The van der Waals surface area contributed by atoms with Crippen molar-refractivity contribution in [3.8, 4) is 0 Å². The molecule has 2 saturated heterocycles. The summed E-state index contributed by atoms with van der Waals surface area (Å²) in [6.45, 7) is 5.74. The van der Waals surface area contributed by atoms with E-state index in [4.69, 9.17) is 4.74 Å². The molecule has 2 unspecified atom stereocenters. The van der Waals surface area contributed by atoms with E-state index in [1.54, 1.807) is 0 Å². The average Bonchev–Trinajstić information content (AvgIpc) is 2.31. The Hall–Kier alpha value is -0.0800. The van der Waals surface area contributed by atoms with Gasteiger partial charge in [0.25, 0.3) is 0 Å². The van der Waals surface area contributed by atoms with Crippen LogP contribution in [-0.2, 0) is 4.74 Å². The molecule has 2 atom stereocenters. The molecule has 0 aromatic carbocycles. The summed E-state index contributed by atoms with van der Waals surface area (Å²) in [7, 11) is 0. The topological polar surface area (TPSA) is 21.3 Å². The maximum absolute atomic E-state index is 5.73. The Balaban J connectivity index is 1.72. The molecule has 0 radical (unpaired) electrons. The Labute approximate surface area is 93.8 Å². The summed E-state index contributed by atoms with van der Waals surface area (Å²) in [5.74, 6) is 1.94. The minimum Gasteiger partial charge on any atom is -0.378 e. The monoisotopic (exact) mass is 211 g/mol. The predicted molar refractivity (Wildman–Crippen MR) is 63.0 cm³/mol. The van der Waals surface area contributed by atoms with Gasteiger partial charge in [-0.15, -0.1) is 0 Å². The van der Waals surface area contributed by atoms with Crippen LogP contribution in [0.5, 0.6) is 0 Å². The number of hydrogen-bond acceptors (Lipinski definition) is 2. The summed E-state index contributed by atoms with van der Waals surface area (Å²) in [6.07, 6.45) is 8.64. The maximum atomic E-state index is 5.73. The predicted octanol–water partition coefficient (Wildman–Crippen LogP) is 2.58. The summed E-state index contributed by atoms with van der Waals surface area (Å²) in [6, 6.07) is 0. The van der Waals surface area contributed by atoms with E-state index in [0.29, 0.717) is 6.10 Å². The van der Waals surface area contributed by atoms with Gasteiger partial charge in [-0.1, -0.05) is 6.92 Å². The second-order valence-corrected chi connectivity index (χ2v) is 5.22. The molecular formula is C13H25NO. The molecular weight excluding hydrogens is 186 g/mol. The van der Waals surface area contributed by atoms with Gasteiger partial charge >= 0.3 is 0 Å². The first-order valence-corrected chi connectivity index (χ1v) is 6.70. The van der Waals surface area contributed by atoms with Gasteiger partial charge in [0, 0.05) is 6.61 Å². The van der Waals surface area contributed by atoms with Crippen molar-refractivity contribution in [3.63, 3.8) is 0 Å². The second-order valence-electron chi connectivity index (χ2n) is 5.22. The van der Waals surface area contributed by atoms with E-state index < -0.39 is 0 Å². The smallest absolute Gasteiger partial charge is 0.0575 e. The summed E-state index contributed by atoms with van der Waals surface area (Å²) < 4.78 is 5.73. The molecule has 2 fully saturated rings. The van der Waals surface area contributed by atoms with E-state index in [1.165, 1.54) is 51.6 Å². The second kappa shape index (κ2) is 5.86. The Morgan fingerprint density at radius 1 is 1.13 bits per heavy atom. The Kier molecular flexibility index (Phi) is 4.45. The van der Waals surface area contributed by atoms with Gasteiger partial charge in [0.15, 0.2) is 0 Å². The van der Waals surface area contributed by atoms with Crippen molar-refractivity contribution in [1.82, 2.24) is 5.32 Å². The Morgan fingerprint density at radius 3 is 2.67 bits per heavy atom. The molecule has 0 aromatic heterocycles. The fraction of sp³-hybridized carbons (Fsp3) is 1.00. The van der Waals surface area contributed by atoms with E-state index >= 15 is 0 Å². The number of nitrogens with one attached hydrogen (secondary N) is 1. The lowest BCUT2D eigenvalue weighted by Crippen LogP contribution is -2.31. The van der Waals surface area contributed by atoms with Gasteiger partial charge in [0.1, 0.15) is 0 Å². The highest BCUT2D eigenvalue weighted by Crippen LogP contribution is 2.30. The van der Waals surface area contributed by atoms with Crippen LogP contribution in [0, 0.1) is 11.8 Å². The van der Waals surface area contributed by atoms with Crippen LogP contribution in [0.4, 0.5) is 0 Å². The molecule has 2 aliphatic rings. The van der Waals surface area contributed by atoms with Gasteiger partial charge in [-0.2, -0.15) is 0 Å². The van der Waals surface area contributed by atoms with E-state index in [9.17, 15) is 0 Å². The fourth-order valence-corrected chi connectivity index (χ4v) is 3.05. The molecule has 2 rings (SSSR count). The van der Waals surface area contributed by atoms with Crippen molar-refractivity contribution >= 4 is 0 Å². The van der Waals surface area contributed by atoms with E-state index in [-0.39, 0.29) is 0 Å². The molecule has 0 saturated carbocycles. The van der Waals surface area contributed by atoms with Crippen molar-refractivity contribution in [2.45, 2.75) is 51.6 Å². The van der Waals surface area contributed by atoms with Crippen LogP contribution in [0.2, 0.25) is 0 Å². The number of piperidine rings is 1. The fourth-order valence-electron chi connectivity index (χ4n) is 3.05. The maximum Gasteiger partial charge on any atom is 0.0575 e. The summed E-state index contributed by atoms with van der Waals surface area (Å²) in [4.78, 5) is 0. The van der Waals surface area contributed by atoms with Crippen molar-refractivity contribution in [1.29, 1.82) is 0 Å². The molecule has 0 amide bonds. The zero-order valence-corrected chi connectivity index (χ0v) is 10.0. The van der Waals surface area contributed by atoms with Crippen LogP contribution in [-0.4, -0.2) is 25.8 Å². The minimum atomic E-state index is 0.561. The third-order valence-corrected chi connectivity index (χ3v) is 4.06. The van der Waals surface area contributed by atoms with Gasteiger partial charge in [-0.25, -0.2) is 0 Å². The molecule has 88 valence electrons. The largest absolute Gasteiger partial charge is 0.378 e. The van der Waals surface area contributed by atoms with Crippen LogP contribution >= 0.6 is 0 Å². The van der Waals surface area contributed by atoms with Crippen LogP contribution in [0.1, 0.15) is 45.4 Å². The lowest BCUT2D eigenvalue weighted by molar-refractivity contribution is -0.0161. The van der Waals surface area contributed by atoms with Crippen molar-refractivity contribution in [3.05, 3.63) is 0 Å². The molecule has 0 spiro atoms. The molecule has 1 N–H and O–H groups in total. The molecule has 2 nitrogen and oxygen atoms in total. The molecule has 0 aromatic rings. The first-order chi connectivity index (χ1) is 7.38. The molecule has 2 aliphatic heterocycles. The van der Waals surface area contributed by atoms with E-state index in [1.807, 2.05) is 0 Å². The molecule has 0 aliphatic carbocycles. The quantitative estimate of drug-likeness (QED) is 0.774. The lowest BCUT2D eigenvalue weighted by atomic mass is 9.82.